The molecule has 0 radical (unpaired) electrons. The summed E-state index contributed by atoms with van der Waals surface area (Å²) in [6.07, 6.45) is 1.43. The van der Waals surface area contributed by atoms with Crippen LogP contribution in [-0.4, -0.2) is 81.7 Å². The lowest BCUT2D eigenvalue weighted by Crippen LogP contribution is -2.04. The molecular weight excluding hydrogens is 428 g/mol. The molecule has 0 aliphatic carbocycles. The van der Waals surface area contributed by atoms with Crippen molar-refractivity contribution < 1.29 is 0 Å². The molecule has 2 N–H and O–H groups in total. The van der Waals surface area contributed by atoms with E-state index in [-0.39, 0.29) is 0 Å². The van der Waals surface area contributed by atoms with Gasteiger partial charge in [-0.25, -0.2) is 4.68 Å². The predicted octanol–water partition coefficient (Wildman–Crippen LogP) is 1.46. The summed E-state index contributed by atoms with van der Waals surface area (Å²) in [7, 11) is 0. The molecule has 0 bridgehead atoms. The summed E-state index contributed by atoms with van der Waals surface area (Å²) in [6, 6.07) is 0.678. The molecule has 0 atom stereocenters. The normalized spacial score (nSPS) is 10.5. The van der Waals surface area contributed by atoms with E-state index in [4.69, 9.17) is 0 Å². The third kappa shape index (κ3) is 10.4. The van der Waals surface area contributed by atoms with Gasteiger partial charge in [0.05, 0.1) is 12.1 Å². The molecule has 0 saturated heterocycles. The lowest BCUT2D eigenvalue weighted by atomic mass is 10.2. The zero-order valence-corrected chi connectivity index (χ0v) is 20.6. The average Bonchev–Trinajstić information content (AvgIpc) is 3.58. The molecule has 4 aromatic heterocycles. The van der Waals surface area contributed by atoms with Crippen molar-refractivity contribution in [2.24, 2.45) is 0 Å². The highest BCUT2D eigenvalue weighted by Gasteiger charge is 2.02. The summed E-state index contributed by atoms with van der Waals surface area (Å²) in [5, 5.41) is 48.7. The van der Waals surface area contributed by atoms with Gasteiger partial charge in [0.15, 0.2) is 18.0 Å². The Labute approximate surface area is 192 Å². The van der Waals surface area contributed by atoms with Crippen LogP contribution in [-0.2, 0) is 0 Å². The fourth-order valence-electron chi connectivity index (χ4n) is 1.96. The van der Waals surface area contributed by atoms with E-state index in [1.165, 1.54) is 6.33 Å². The van der Waals surface area contributed by atoms with Crippen molar-refractivity contribution in [1.29, 1.82) is 0 Å². The van der Waals surface area contributed by atoms with E-state index in [1.54, 1.807) is 9.48 Å². The Kier molecular flexibility index (Phi) is 11.9. The maximum atomic E-state index is 3.81. The molecule has 182 valence electrons. The van der Waals surface area contributed by atoms with Crippen LogP contribution in [0.2, 0.25) is 0 Å². The van der Waals surface area contributed by atoms with E-state index in [2.05, 4.69) is 72.2 Å². The second-order valence-electron chi connectivity index (χ2n) is 7.96. The van der Waals surface area contributed by atoms with E-state index < -0.39 is 0 Å². The number of nitrogens with one attached hydrogen (secondary N) is 2. The maximum Gasteiger partial charge on any atom is 0.177 e. The minimum Gasteiger partial charge on any atom is -0.227 e. The monoisotopic (exact) mass is 462 g/mol. The van der Waals surface area contributed by atoms with Gasteiger partial charge >= 0.3 is 0 Å². The first-order valence-corrected chi connectivity index (χ1v) is 10.6. The summed E-state index contributed by atoms with van der Waals surface area (Å²) in [5.41, 5.74) is 0. The van der Waals surface area contributed by atoms with Crippen molar-refractivity contribution in [3.63, 3.8) is 0 Å². The quantitative estimate of drug-likeness (QED) is 0.443. The smallest absolute Gasteiger partial charge is 0.177 e. The van der Waals surface area contributed by atoms with Gasteiger partial charge in [-0.2, -0.15) is 15.2 Å². The van der Waals surface area contributed by atoms with Gasteiger partial charge in [-0.05, 0) is 50.3 Å². The number of aryl methyl sites for hydroxylation is 1. The topological polar surface area (TPSA) is 196 Å². The van der Waals surface area contributed by atoms with E-state index in [0.717, 1.165) is 17.5 Å². The van der Waals surface area contributed by atoms with Crippen molar-refractivity contribution in [1.82, 2.24) is 81.7 Å². The lowest BCUT2D eigenvalue weighted by Gasteiger charge is -2.02. The van der Waals surface area contributed by atoms with Crippen LogP contribution in [0.1, 0.15) is 96.8 Å². The number of hydrogen-bond acceptors (Lipinski definition) is 12. The van der Waals surface area contributed by atoms with Crippen LogP contribution in [0.5, 0.6) is 0 Å². The van der Waals surface area contributed by atoms with Crippen molar-refractivity contribution in [3.05, 3.63) is 23.8 Å². The first kappa shape index (κ1) is 27.3. The summed E-state index contributed by atoms with van der Waals surface area (Å²) in [5.74, 6) is 3.14. The number of nitrogens with zero attached hydrogens (tertiary/aromatic N) is 14. The molecule has 4 aromatic rings. The molecule has 0 spiro atoms. The van der Waals surface area contributed by atoms with Crippen molar-refractivity contribution in [3.8, 4) is 0 Å². The van der Waals surface area contributed by atoms with E-state index in [1.807, 2.05) is 62.3 Å². The van der Waals surface area contributed by atoms with Gasteiger partial charge < -0.3 is 0 Å². The highest BCUT2D eigenvalue weighted by Crippen LogP contribution is 2.04. The lowest BCUT2D eigenvalue weighted by molar-refractivity contribution is 0.455. The van der Waals surface area contributed by atoms with Crippen LogP contribution in [0, 0.1) is 6.92 Å². The Bertz CT molecular complexity index is 846. The average molecular weight is 463 g/mol. The predicted molar refractivity (Wildman–Crippen MR) is 118 cm³/mol. The molecular formula is C17H34N16. The largest absolute Gasteiger partial charge is 0.227 e. The molecule has 0 saturated carbocycles. The molecule has 16 nitrogen and oxygen atoms in total. The first-order chi connectivity index (χ1) is 15.6. The second kappa shape index (κ2) is 14.4. The zero-order valence-electron chi connectivity index (χ0n) is 20.6. The standard InChI is InChI=1S/C5H10N4.3C4H8N4/c1-4(2)9-5(3)6-7-8-9;1-4(2)8-6-3-5-7-8;2*1-3(2)4-5-7-8-6-4/h4H,1-3H3;3-4H,1-2H3;2*3H,1-2H3,(H,5,6,7,8). The van der Waals surface area contributed by atoms with Crippen LogP contribution in [0.4, 0.5) is 0 Å². The molecule has 0 aliphatic rings. The number of rotatable bonds is 4. The third-order valence-corrected chi connectivity index (χ3v) is 3.73. The molecule has 33 heavy (non-hydrogen) atoms. The first-order valence-electron chi connectivity index (χ1n) is 10.6. The number of tetrazole rings is 4. The minimum absolute atomic E-state index is 0.317. The fourth-order valence-corrected chi connectivity index (χ4v) is 1.96. The van der Waals surface area contributed by atoms with Gasteiger partial charge in [-0.3, -0.25) is 0 Å². The molecule has 0 amide bonds. The molecule has 0 fully saturated rings. The molecule has 0 aliphatic heterocycles. The minimum atomic E-state index is 0.317. The van der Waals surface area contributed by atoms with Crippen LogP contribution in [0.25, 0.3) is 0 Å². The second-order valence-corrected chi connectivity index (χ2v) is 7.96. The van der Waals surface area contributed by atoms with Gasteiger partial charge in [0.25, 0.3) is 0 Å². The fraction of sp³-hybridized carbons (Fsp3) is 0.765. The van der Waals surface area contributed by atoms with Crippen molar-refractivity contribution in [2.75, 3.05) is 0 Å². The summed E-state index contributed by atoms with van der Waals surface area (Å²) in [4.78, 5) is 1.56. The van der Waals surface area contributed by atoms with Gasteiger partial charge in [0.1, 0.15) is 5.82 Å². The van der Waals surface area contributed by atoms with E-state index in [0.29, 0.717) is 23.9 Å². The van der Waals surface area contributed by atoms with Crippen LogP contribution >= 0.6 is 0 Å². The maximum absolute atomic E-state index is 3.81. The number of aromatic nitrogens is 16. The summed E-state index contributed by atoms with van der Waals surface area (Å²) < 4.78 is 1.78. The Balaban J connectivity index is 0.000000220. The van der Waals surface area contributed by atoms with Crippen LogP contribution in [0.3, 0.4) is 0 Å². The van der Waals surface area contributed by atoms with Crippen molar-refractivity contribution >= 4 is 0 Å². The van der Waals surface area contributed by atoms with Gasteiger partial charge in [0.2, 0.25) is 0 Å². The van der Waals surface area contributed by atoms with E-state index >= 15 is 0 Å². The molecule has 16 heteroatoms. The Morgan fingerprint density at radius 1 is 0.727 bits per heavy atom. The SMILES string of the molecule is CC(C)c1nn[nH]n1.CC(C)c1nn[nH]n1.CC(C)n1ncnn1.Cc1nnnn1C(C)C. The molecule has 0 aromatic carbocycles. The Hall–Kier alpha value is -3.72. The highest BCUT2D eigenvalue weighted by molar-refractivity contribution is 4.83. The number of H-pyrrole nitrogens is 2. The summed E-state index contributed by atoms with van der Waals surface area (Å²) >= 11 is 0. The van der Waals surface area contributed by atoms with Crippen LogP contribution < -0.4 is 0 Å². The molecule has 4 heterocycles. The van der Waals surface area contributed by atoms with Crippen molar-refractivity contribution in [2.45, 2.75) is 86.2 Å². The van der Waals surface area contributed by atoms with E-state index in [9.17, 15) is 0 Å². The molecule has 4 rings (SSSR count). The Morgan fingerprint density at radius 2 is 1.27 bits per heavy atom. The highest BCUT2D eigenvalue weighted by atomic mass is 15.6. The van der Waals surface area contributed by atoms with Gasteiger partial charge in [0, 0.05) is 11.8 Å². The van der Waals surface area contributed by atoms with Gasteiger partial charge in [-0.1, -0.05) is 38.1 Å². The Morgan fingerprint density at radius 3 is 1.45 bits per heavy atom. The molecule has 0 unspecified atom stereocenters. The number of hydrogen-bond donors (Lipinski definition) is 2. The zero-order chi connectivity index (χ0) is 24.8. The van der Waals surface area contributed by atoms with Gasteiger partial charge in [-0.15, -0.1) is 35.7 Å². The van der Waals surface area contributed by atoms with Crippen LogP contribution in [0.15, 0.2) is 6.33 Å². The number of aromatic amines is 2. The summed E-state index contributed by atoms with van der Waals surface area (Å²) in [6.45, 7) is 18.1. The third-order valence-electron chi connectivity index (χ3n) is 3.73.